The minimum Gasteiger partial charge on any atom is -0.373 e. The van der Waals surface area contributed by atoms with E-state index in [1.165, 1.54) is 18.2 Å². The van der Waals surface area contributed by atoms with E-state index < -0.39 is 5.82 Å². The lowest BCUT2D eigenvalue weighted by atomic mass is 10.2. The van der Waals surface area contributed by atoms with Crippen LogP contribution in [0.5, 0.6) is 0 Å². The first-order chi connectivity index (χ1) is 6.27. The summed E-state index contributed by atoms with van der Waals surface area (Å²) in [6.45, 7) is 0.320. The first kappa shape index (κ1) is 9.09. The normalized spacial score (nSPS) is 8.54. The smallest absolute Gasteiger partial charge is 0.124 e. The van der Waals surface area contributed by atoms with Crippen LogP contribution in [0.2, 0.25) is 0 Å². The SMILES string of the molecule is C#CCNc1ccc(F)cc1C#N. The van der Waals surface area contributed by atoms with E-state index >= 15 is 0 Å². The maximum Gasteiger partial charge on any atom is 0.124 e. The van der Waals surface area contributed by atoms with Gasteiger partial charge in [0.2, 0.25) is 0 Å². The summed E-state index contributed by atoms with van der Waals surface area (Å²) >= 11 is 0. The van der Waals surface area contributed by atoms with Gasteiger partial charge < -0.3 is 5.32 Å². The van der Waals surface area contributed by atoms with Crippen LogP contribution in [0.3, 0.4) is 0 Å². The van der Waals surface area contributed by atoms with E-state index in [1.807, 2.05) is 6.07 Å². The highest BCUT2D eigenvalue weighted by Crippen LogP contribution is 2.15. The number of rotatable bonds is 2. The summed E-state index contributed by atoms with van der Waals surface area (Å²) in [6.07, 6.45) is 5.03. The van der Waals surface area contributed by atoms with Crippen molar-refractivity contribution in [1.82, 2.24) is 0 Å². The van der Waals surface area contributed by atoms with Crippen molar-refractivity contribution in [3.63, 3.8) is 0 Å². The zero-order chi connectivity index (χ0) is 9.68. The van der Waals surface area contributed by atoms with Crippen LogP contribution in [0.1, 0.15) is 5.56 Å². The largest absolute Gasteiger partial charge is 0.373 e. The Morgan fingerprint density at radius 2 is 2.31 bits per heavy atom. The zero-order valence-corrected chi connectivity index (χ0v) is 6.84. The number of benzene rings is 1. The van der Waals surface area contributed by atoms with Gasteiger partial charge in [0, 0.05) is 0 Å². The molecule has 0 unspecified atom stereocenters. The molecule has 0 amide bonds. The van der Waals surface area contributed by atoms with Crippen LogP contribution in [-0.2, 0) is 0 Å². The number of terminal acetylenes is 1. The second-order valence-corrected chi connectivity index (χ2v) is 2.36. The van der Waals surface area contributed by atoms with Gasteiger partial charge in [-0.15, -0.1) is 6.42 Å². The molecule has 0 fully saturated rings. The number of nitriles is 1. The second-order valence-electron chi connectivity index (χ2n) is 2.36. The first-order valence-electron chi connectivity index (χ1n) is 3.65. The average molecular weight is 174 g/mol. The molecule has 1 N–H and O–H groups in total. The van der Waals surface area contributed by atoms with Crippen LogP contribution in [0.4, 0.5) is 10.1 Å². The number of nitrogens with zero attached hydrogens (tertiary/aromatic N) is 1. The number of nitrogens with one attached hydrogen (secondary N) is 1. The zero-order valence-electron chi connectivity index (χ0n) is 6.84. The molecule has 13 heavy (non-hydrogen) atoms. The molecular formula is C10H7FN2. The maximum atomic E-state index is 12.6. The lowest BCUT2D eigenvalue weighted by Crippen LogP contribution is -2.00. The number of halogens is 1. The molecule has 3 heteroatoms. The van der Waals surface area contributed by atoms with E-state index in [1.54, 1.807) is 0 Å². The Kier molecular flexibility index (Phi) is 2.89. The molecule has 0 aliphatic carbocycles. The summed E-state index contributed by atoms with van der Waals surface area (Å²) < 4.78 is 12.6. The van der Waals surface area contributed by atoms with Gasteiger partial charge in [-0.05, 0) is 18.2 Å². The number of hydrogen-bond donors (Lipinski definition) is 1. The standard InChI is InChI=1S/C10H7FN2/c1-2-5-13-10-4-3-9(11)6-8(10)7-12/h1,3-4,6,13H,5H2. The van der Waals surface area contributed by atoms with Crippen LogP contribution in [-0.4, -0.2) is 6.54 Å². The van der Waals surface area contributed by atoms with Gasteiger partial charge in [0.15, 0.2) is 0 Å². The highest BCUT2D eigenvalue weighted by Gasteiger charge is 2.01. The summed E-state index contributed by atoms with van der Waals surface area (Å²) in [5.41, 5.74) is 0.817. The van der Waals surface area contributed by atoms with Crippen LogP contribution in [0.15, 0.2) is 18.2 Å². The van der Waals surface area contributed by atoms with E-state index in [4.69, 9.17) is 11.7 Å². The van der Waals surface area contributed by atoms with E-state index in [0.717, 1.165) is 0 Å². The number of hydrogen-bond acceptors (Lipinski definition) is 2. The van der Waals surface area contributed by atoms with E-state index in [2.05, 4.69) is 11.2 Å². The third-order valence-corrected chi connectivity index (χ3v) is 1.48. The van der Waals surface area contributed by atoms with Gasteiger partial charge in [0.25, 0.3) is 0 Å². The molecule has 0 heterocycles. The van der Waals surface area contributed by atoms with Crippen molar-refractivity contribution >= 4 is 5.69 Å². The van der Waals surface area contributed by atoms with Crippen molar-refractivity contribution in [3.8, 4) is 18.4 Å². The molecule has 0 radical (unpaired) electrons. The molecule has 64 valence electrons. The Labute approximate surface area is 76.0 Å². The summed E-state index contributed by atoms with van der Waals surface area (Å²) in [7, 11) is 0. The predicted molar refractivity (Wildman–Crippen MR) is 48.4 cm³/mol. The molecule has 1 rings (SSSR count). The van der Waals surface area contributed by atoms with E-state index in [-0.39, 0.29) is 5.56 Å². The fraction of sp³-hybridized carbons (Fsp3) is 0.100. The lowest BCUT2D eigenvalue weighted by Gasteiger charge is -2.03. The van der Waals surface area contributed by atoms with Gasteiger partial charge in [0.1, 0.15) is 11.9 Å². The molecule has 0 aliphatic rings. The van der Waals surface area contributed by atoms with Gasteiger partial charge >= 0.3 is 0 Å². The van der Waals surface area contributed by atoms with Gasteiger partial charge in [-0.1, -0.05) is 5.92 Å². The Morgan fingerprint density at radius 3 is 2.92 bits per heavy atom. The fourth-order valence-electron chi connectivity index (χ4n) is 0.909. The molecule has 0 spiro atoms. The van der Waals surface area contributed by atoms with Crippen molar-refractivity contribution in [2.45, 2.75) is 0 Å². The summed E-state index contributed by atoms with van der Waals surface area (Å²) in [6, 6.07) is 5.81. The minimum atomic E-state index is -0.428. The lowest BCUT2D eigenvalue weighted by molar-refractivity contribution is 0.627. The van der Waals surface area contributed by atoms with Crippen molar-refractivity contribution in [3.05, 3.63) is 29.6 Å². The van der Waals surface area contributed by atoms with E-state index in [9.17, 15) is 4.39 Å². The highest BCUT2D eigenvalue weighted by molar-refractivity contribution is 5.57. The Hall–Kier alpha value is -2.00. The van der Waals surface area contributed by atoms with Crippen molar-refractivity contribution in [1.29, 1.82) is 5.26 Å². The summed E-state index contributed by atoms with van der Waals surface area (Å²) in [5.74, 6) is 1.94. The molecule has 2 nitrogen and oxygen atoms in total. The second kappa shape index (κ2) is 4.13. The third kappa shape index (κ3) is 2.21. The van der Waals surface area contributed by atoms with Gasteiger partial charge in [0.05, 0.1) is 17.8 Å². The molecular weight excluding hydrogens is 167 g/mol. The summed E-state index contributed by atoms with van der Waals surface area (Å²) in [4.78, 5) is 0. The Morgan fingerprint density at radius 1 is 1.54 bits per heavy atom. The van der Waals surface area contributed by atoms with Crippen LogP contribution < -0.4 is 5.32 Å². The fourth-order valence-corrected chi connectivity index (χ4v) is 0.909. The van der Waals surface area contributed by atoms with E-state index in [0.29, 0.717) is 12.2 Å². The minimum absolute atomic E-state index is 0.259. The Balaban J connectivity index is 2.96. The first-order valence-corrected chi connectivity index (χ1v) is 3.65. The Bertz CT molecular complexity index is 385. The highest BCUT2D eigenvalue weighted by atomic mass is 19.1. The molecule has 0 saturated heterocycles. The van der Waals surface area contributed by atoms with Crippen LogP contribution >= 0.6 is 0 Å². The maximum absolute atomic E-state index is 12.6. The monoisotopic (exact) mass is 174 g/mol. The third-order valence-electron chi connectivity index (χ3n) is 1.48. The molecule has 0 saturated carbocycles. The molecule has 0 aliphatic heterocycles. The molecule has 1 aromatic rings. The van der Waals surface area contributed by atoms with Gasteiger partial charge in [-0.2, -0.15) is 5.26 Å². The average Bonchev–Trinajstić information content (AvgIpc) is 2.16. The van der Waals surface area contributed by atoms with Crippen molar-refractivity contribution in [2.75, 3.05) is 11.9 Å². The van der Waals surface area contributed by atoms with Gasteiger partial charge in [-0.25, -0.2) is 4.39 Å². The predicted octanol–water partition coefficient (Wildman–Crippen LogP) is 1.74. The topological polar surface area (TPSA) is 35.8 Å². The summed E-state index contributed by atoms with van der Waals surface area (Å²) in [5, 5.41) is 11.4. The van der Waals surface area contributed by atoms with Crippen molar-refractivity contribution in [2.24, 2.45) is 0 Å². The van der Waals surface area contributed by atoms with Crippen molar-refractivity contribution < 1.29 is 4.39 Å². The molecule has 0 atom stereocenters. The molecule has 1 aromatic carbocycles. The number of anilines is 1. The van der Waals surface area contributed by atoms with Crippen LogP contribution in [0, 0.1) is 29.5 Å². The quantitative estimate of drug-likeness (QED) is 0.693. The van der Waals surface area contributed by atoms with Crippen LogP contribution in [0.25, 0.3) is 0 Å². The van der Waals surface area contributed by atoms with Gasteiger partial charge in [-0.3, -0.25) is 0 Å². The molecule has 0 bridgehead atoms. The molecule has 0 aromatic heterocycles.